The van der Waals surface area contributed by atoms with Gasteiger partial charge in [-0.05, 0) is 95.6 Å². The summed E-state index contributed by atoms with van der Waals surface area (Å²) in [6.45, 7) is 14.5. The molecule has 7 nitrogen and oxygen atoms in total. The molecular weight excluding hydrogens is 735 g/mol. The Bertz CT molecular complexity index is 893. The van der Waals surface area contributed by atoms with Crippen molar-refractivity contribution in [2.75, 3.05) is 39.5 Å². The average molecular weight is 834 g/mol. The summed E-state index contributed by atoms with van der Waals surface area (Å²) in [5.41, 5.74) is 0. The van der Waals surface area contributed by atoms with Gasteiger partial charge in [0.25, 0.3) is 0 Å². The van der Waals surface area contributed by atoms with E-state index in [0.29, 0.717) is 37.9 Å². The lowest BCUT2D eigenvalue weighted by atomic mass is 9.92. The predicted molar refractivity (Wildman–Crippen MR) is 248 cm³/mol. The molecule has 0 saturated carbocycles. The Balaban J connectivity index is 1.64. The van der Waals surface area contributed by atoms with Crippen LogP contribution in [-0.4, -0.2) is 68.2 Å². The lowest BCUT2D eigenvalue weighted by Crippen LogP contribution is -2.34. The summed E-state index contributed by atoms with van der Waals surface area (Å²) in [7, 11) is 0. The molecule has 2 fully saturated rings. The number of esters is 2. The summed E-state index contributed by atoms with van der Waals surface area (Å²) in [4.78, 5) is 27.8. The van der Waals surface area contributed by atoms with Crippen molar-refractivity contribution >= 4 is 11.9 Å². The molecule has 7 heteroatoms. The normalized spacial score (nSPS) is 17.0. The number of nitrogens with zero attached hydrogens (tertiary/aromatic N) is 1. The van der Waals surface area contributed by atoms with E-state index in [1.54, 1.807) is 0 Å². The minimum absolute atomic E-state index is 0.0199. The molecule has 2 rings (SSSR count). The Morgan fingerprint density at radius 2 is 0.949 bits per heavy atom. The van der Waals surface area contributed by atoms with Crippen molar-refractivity contribution in [3.63, 3.8) is 0 Å². The molecule has 2 heterocycles. The first-order valence-electron chi connectivity index (χ1n) is 26.3. The minimum atomic E-state index is -0.412. The fourth-order valence-electron chi connectivity index (χ4n) is 9.45. The second kappa shape index (κ2) is 37.4. The predicted octanol–water partition coefficient (Wildman–Crippen LogP) is 14.9. The van der Waals surface area contributed by atoms with Crippen LogP contribution in [0.4, 0.5) is 0 Å². The van der Waals surface area contributed by atoms with Crippen molar-refractivity contribution in [2.24, 2.45) is 11.8 Å². The van der Waals surface area contributed by atoms with Crippen molar-refractivity contribution in [3.8, 4) is 0 Å². The second-order valence-electron chi connectivity index (χ2n) is 19.0. The summed E-state index contributed by atoms with van der Waals surface area (Å²) in [6, 6.07) is 0. The number of piperidine rings is 1. The first-order chi connectivity index (χ1) is 28.9. The molecule has 2 saturated heterocycles. The summed E-state index contributed by atoms with van der Waals surface area (Å²) in [5.74, 6) is 0.626. The van der Waals surface area contributed by atoms with E-state index >= 15 is 0 Å². The Hall–Kier alpha value is -1.18. The standard InChI is InChI=1S/C52H99NO6/c1-5-9-22-32-47(33-23-10-6-2)44-50(54)56-42-30-19-15-13-17-26-37-52(58-46-49(59-52)36-41-53-39-28-21-29-40-53)38-27-18-14-16-20-31-43-57-51(55)45-48(34-24-11-7-3)35-25-12-8-4/h47-49H,5-46H2,1-4H3. The van der Waals surface area contributed by atoms with Crippen LogP contribution in [0, 0.1) is 11.8 Å². The van der Waals surface area contributed by atoms with E-state index in [9.17, 15) is 9.59 Å². The zero-order chi connectivity index (χ0) is 42.5. The van der Waals surface area contributed by atoms with Gasteiger partial charge in [0, 0.05) is 32.2 Å². The molecule has 1 atom stereocenters. The van der Waals surface area contributed by atoms with Gasteiger partial charge >= 0.3 is 11.9 Å². The summed E-state index contributed by atoms with van der Waals surface area (Å²) in [5, 5.41) is 0. The van der Waals surface area contributed by atoms with Gasteiger partial charge in [-0.3, -0.25) is 9.59 Å². The lowest BCUT2D eigenvalue weighted by Gasteiger charge is -2.30. The fourth-order valence-corrected chi connectivity index (χ4v) is 9.45. The Labute approximate surface area is 366 Å². The molecule has 348 valence electrons. The van der Waals surface area contributed by atoms with Gasteiger partial charge in [0.2, 0.25) is 0 Å². The molecule has 1 unspecified atom stereocenters. The number of carbonyl (C=O) groups excluding carboxylic acids is 2. The van der Waals surface area contributed by atoms with Crippen molar-refractivity contribution in [3.05, 3.63) is 0 Å². The summed E-state index contributed by atoms with van der Waals surface area (Å²) >= 11 is 0. The van der Waals surface area contributed by atoms with Crippen molar-refractivity contribution in [1.82, 2.24) is 4.90 Å². The highest BCUT2D eigenvalue weighted by Crippen LogP contribution is 2.36. The highest BCUT2D eigenvalue weighted by atomic mass is 16.7. The van der Waals surface area contributed by atoms with E-state index in [4.69, 9.17) is 18.9 Å². The van der Waals surface area contributed by atoms with Crippen molar-refractivity contribution in [1.29, 1.82) is 0 Å². The van der Waals surface area contributed by atoms with Gasteiger partial charge in [0.05, 0.1) is 25.9 Å². The zero-order valence-corrected chi connectivity index (χ0v) is 39.8. The topological polar surface area (TPSA) is 74.3 Å². The molecule has 0 aromatic rings. The molecule has 0 bridgehead atoms. The van der Waals surface area contributed by atoms with Gasteiger partial charge in [0.1, 0.15) is 0 Å². The van der Waals surface area contributed by atoms with E-state index in [2.05, 4.69) is 32.6 Å². The van der Waals surface area contributed by atoms with E-state index in [1.165, 1.54) is 174 Å². The molecule has 2 aliphatic rings. The maximum atomic E-state index is 12.6. The zero-order valence-electron chi connectivity index (χ0n) is 39.8. The highest BCUT2D eigenvalue weighted by molar-refractivity contribution is 5.70. The molecule has 0 aliphatic carbocycles. The van der Waals surface area contributed by atoms with E-state index in [1.807, 2.05) is 0 Å². The molecule has 0 N–H and O–H groups in total. The third kappa shape index (κ3) is 28.9. The SMILES string of the molecule is CCCCCC(CCCCC)CC(=O)OCCCCCCCCC1(CCCCCCCCOC(=O)CC(CCCCC)CCCCC)OCC(CCN2CCCCC2)O1. The summed E-state index contributed by atoms with van der Waals surface area (Å²) in [6.07, 6.45) is 41.9. The lowest BCUT2D eigenvalue weighted by molar-refractivity contribution is -0.180. The number of hydrogen-bond acceptors (Lipinski definition) is 7. The first-order valence-corrected chi connectivity index (χ1v) is 26.3. The quantitative estimate of drug-likeness (QED) is 0.0449. The van der Waals surface area contributed by atoms with E-state index < -0.39 is 5.79 Å². The monoisotopic (exact) mass is 834 g/mol. The van der Waals surface area contributed by atoms with Crippen LogP contribution < -0.4 is 0 Å². The second-order valence-corrected chi connectivity index (χ2v) is 19.0. The number of carbonyl (C=O) groups is 2. The molecule has 0 aromatic heterocycles. The van der Waals surface area contributed by atoms with Crippen LogP contribution in [0.1, 0.15) is 259 Å². The van der Waals surface area contributed by atoms with Crippen LogP contribution in [0.15, 0.2) is 0 Å². The Morgan fingerprint density at radius 1 is 0.542 bits per heavy atom. The Kier molecular flexibility index (Phi) is 34.2. The van der Waals surface area contributed by atoms with Gasteiger partial charge < -0.3 is 23.8 Å². The number of hydrogen-bond donors (Lipinski definition) is 0. The first kappa shape index (κ1) is 54.0. The van der Waals surface area contributed by atoms with Crippen LogP contribution >= 0.6 is 0 Å². The fraction of sp³-hybridized carbons (Fsp3) is 0.962. The maximum absolute atomic E-state index is 12.6. The minimum Gasteiger partial charge on any atom is -0.466 e. The molecule has 0 radical (unpaired) electrons. The average Bonchev–Trinajstić information content (AvgIpc) is 3.65. The van der Waals surface area contributed by atoms with Gasteiger partial charge in [-0.2, -0.15) is 0 Å². The van der Waals surface area contributed by atoms with E-state index in [0.717, 1.165) is 70.9 Å². The largest absolute Gasteiger partial charge is 0.466 e. The van der Waals surface area contributed by atoms with Crippen LogP contribution in [0.3, 0.4) is 0 Å². The van der Waals surface area contributed by atoms with Crippen LogP contribution in [0.2, 0.25) is 0 Å². The molecule has 0 aromatic carbocycles. The molecule has 0 spiro atoms. The summed E-state index contributed by atoms with van der Waals surface area (Å²) < 4.78 is 24.8. The van der Waals surface area contributed by atoms with E-state index in [-0.39, 0.29) is 18.0 Å². The van der Waals surface area contributed by atoms with Crippen molar-refractivity contribution in [2.45, 2.75) is 271 Å². The van der Waals surface area contributed by atoms with Gasteiger partial charge in [-0.15, -0.1) is 0 Å². The Morgan fingerprint density at radius 3 is 1.37 bits per heavy atom. The number of rotatable bonds is 41. The third-order valence-corrected chi connectivity index (χ3v) is 13.3. The highest BCUT2D eigenvalue weighted by Gasteiger charge is 2.40. The van der Waals surface area contributed by atoms with Gasteiger partial charge in [0.15, 0.2) is 5.79 Å². The molecule has 2 aliphatic heterocycles. The smallest absolute Gasteiger partial charge is 0.306 e. The maximum Gasteiger partial charge on any atom is 0.306 e. The van der Waals surface area contributed by atoms with Gasteiger partial charge in [-0.25, -0.2) is 0 Å². The number of unbranched alkanes of at least 4 members (excludes halogenated alkanes) is 18. The van der Waals surface area contributed by atoms with Crippen LogP contribution in [0.25, 0.3) is 0 Å². The third-order valence-electron chi connectivity index (χ3n) is 13.3. The van der Waals surface area contributed by atoms with Crippen molar-refractivity contribution < 1.29 is 28.5 Å². The number of likely N-dealkylation sites (tertiary alicyclic amines) is 1. The molecule has 59 heavy (non-hydrogen) atoms. The van der Waals surface area contributed by atoms with Crippen LogP contribution in [0.5, 0.6) is 0 Å². The van der Waals surface area contributed by atoms with Gasteiger partial charge in [-0.1, -0.05) is 163 Å². The molecular formula is C52H99NO6. The molecule has 0 amide bonds. The van der Waals surface area contributed by atoms with Crippen LogP contribution in [-0.2, 0) is 28.5 Å². The number of ether oxygens (including phenoxy) is 4.